The highest BCUT2D eigenvalue weighted by Crippen LogP contribution is 2.05. The minimum Gasteiger partial charge on any atom is -0.256 e. The van der Waals surface area contributed by atoms with Crippen molar-refractivity contribution in [3.8, 4) is 0 Å². The average molecular weight is 247 g/mol. The smallest absolute Gasteiger partial charge is 0.223 e. The van der Waals surface area contributed by atoms with Gasteiger partial charge in [0.1, 0.15) is 9.22 Å². The fraction of sp³-hybridized carbons (Fsp3) is 0. The van der Waals surface area contributed by atoms with Crippen molar-refractivity contribution in [2.45, 2.75) is 0 Å². The summed E-state index contributed by atoms with van der Waals surface area (Å²) in [4.78, 5) is 0. The number of hydrogen-bond acceptors (Lipinski definition) is 4. The summed E-state index contributed by atoms with van der Waals surface area (Å²) in [5.74, 6) is 0. The summed E-state index contributed by atoms with van der Waals surface area (Å²) < 4.78 is 0.830. The largest absolute Gasteiger partial charge is 0.256 e. The topological polar surface area (TPSA) is 67.3 Å². The number of nitrogens with zero attached hydrogens (tertiary/aromatic N) is 4. The third-order valence-corrected chi connectivity index (χ3v) is 1.59. The van der Waals surface area contributed by atoms with Crippen LogP contribution in [0, 0.1) is 3.70 Å². The lowest BCUT2D eigenvalue weighted by Crippen LogP contribution is -1.85. The minimum absolute atomic E-state index is 0.556. The maximum absolute atomic E-state index is 3.79. The van der Waals surface area contributed by atoms with E-state index in [9.17, 15) is 0 Å². The van der Waals surface area contributed by atoms with Gasteiger partial charge in [0, 0.05) is 6.07 Å². The molecule has 0 aliphatic heterocycles. The van der Waals surface area contributed by atoms with Crippen molar-refractivity contribution in [1.29, 1.82) is 0 Å². The highest BCUT2D eigenvalue weighted by atomic mass is 127. The van der Waals surface area contributed by atoms with Gasteiger partial charge in [0.2, 0.25) is 5.65 Å². The second kappa shape index (κ2) is 2.11. The zero-order valence-electron chi connectivity index (χ0n) is 4.74. The van der Waals surface area contributed by atoms with E-state index in [4.69, 9.17) is 0 Å². The Morgan fingerprint density at radius 3 is 3.10 bits per heavy atom. The van der Waals surface area contributed by atoms with Crippen LogP contribution in [0.5, 0.6) is 0 Å². The number of rotatable bonds is 0. The lowest BCUT2D eigenvalue weighted by atomic mass is 10.5. The number of halogens is 1. The normalized spacial score (nSPS) is 10.5. The Labute approximate surface area is 69.4 Å². The zero-order valence-corrected chi connectivity index (χ0v) is 6.90. The molecule has 0 saturated carbocycles. The average Bonchev–Trinajstić information content (AvgIpc) is 2.33. The predicted octanol–water partition coefficient (Wildman–Crippen LogP) is 0.352. The molecule has 2 aromatic rings. The molecule has 5 nitrogen and oxygen atoms in total. The molecule has 2 aromatic heterocycles. The van der Waals surface area contributed by atoms with Crippen LogP contribution in [0.3, 0.4) is 0 Å². The molecule has 0 radical (unpaired) electrons. The first-order valence-corrected chi connectivity index (χ1v) is 3.64. The predicted molar refractivity (Wildman–Crippen MR) is 42.2 cm³/mol. The second-order valence-corrected chi connectivity index (χ2v) is 2.82. The van der Waals surface area contributed by atoms with Crippen molar-refractivity contribution >= 4 is 33.8 Å². The van der Waals surface area contributed by atoms with Gasteiger partial charge in [-0.05, 0) is 22.6 Å². The van der Waals surface area contributed by atoms with E-state index in [0.717, 1.165) is 9.22 Å². The summed E-state index contributed by atoms with van der Waals surface area (Å²) in [6.45, 7) is 0. The molecular formula is C4H2IN5. The van der Waals surface area contributed by atoms with Gasteiger partial charge in [-0.3, -0.25) is 5.10 Å². The highest BCUT2D eigenvalue weighted by molar-refractivity contribution is 14.1. The molecule has 50 valence electrons. The van der Waals surface area contributed by atoms with Gasteiger partial charge in [0.15, 0.2) is 0 Å². The summed E-state index contributed by atoms with van der Waals surface area (Å²) >= 11 is 2.08. The molecule has 0 unspecified atom stereocenters. The molecule has 6 heteroatoms. The van der Waals surface area contributed by atoms with E-state index in [0.29, 0.717) is 5.65 Å². The van der Waals surface area contributed by atoms with E-state index >= 15 is 0 Å². The van der Waals surface area contributed by atoms with Crippen LogP contribution in [-0.4, -0.2) is 25.6 Å². The molecular weight excluding hydrogens is 245 g/mol. The van der Waals surface area contributed by atoms with Gasteiger partial charge in [0.05, 0.1) is 0 Å². The van der Waals surface area contributed by atoms with Crippen molar-refractivity contribution in [2.75, 3.05) is 0 Å². The summed E-state index contributed by atoms with van der Waals surface area (Å²) in [5, 5.41) is 17.5. The Morgan fingerprint density at radius 2 is 2.20 bits per heavy atom. The van der Waals surface area contributed by atoms with Crippen molar-refractivity contribution < 1.29 is 0 Å². The van der Waals surface area contributed by atoms with Gasteiger partial charge < -0.3 is 0 Å². The van der Waals surface area contributed by atoms with Gasteiger partial charge >= 0.3 is 0 Å². The van der Waals surface area contributed by atoms with E-state index in [1.807, 2.05) is 6.07 Å². The Kier molecular flexibility index (Phi) is 1.26. The number of nitrogens with one attached hydrogen (secondary N) is 1. The Morgan fingerprint density at radius 1 is 1.30 bits per heavy atom. The Bertz CT molecular complexity index is 355. The third kappa shape index (κ3) is 0.838. The molecule has 0 bridgehead atoms. The van der Waals surface area contributed by atoms with Crippen LogP contribution in [0.2, 0.25) is 0 Å². The highest BCUT2D eigenvalue weighted by Gasteiger charge is 1.98. The molecule has 2 rings (SSSR count). The van der Waals surface area contributed by atoms with Gasteiger partial charge in [-0.15, -0.1) is 15.3 Å². The quantitative estimate of drug-likeness (QED) is 0.682. The molecule has 0 aromatic carbocycles. The standard InChI is InChI=1S/C4H2IN5/c5-3-1-2-4(8-7-3)9-10-6-2/h1H,(H,6,8,9,10). The van der Waals surface area contributed by atoms with Crippen LogP contribution in [-0.2, 0) is 0 Å². The summed E-state index contributed by atoms with van der Waals surface area (Å²) in [5.41, 5.74) is 1.37. The number of aromatic nitrogens is 5. The summed E-state index contributed by atoms with van der Waals surface area (Å²) in [6, 6.07) is 1.84. The number of hydrogen-bond donors (Lipinski definition) is 1. The maximum atomic E-state index is 3.79. The van der Waals surface area contributed by atoms with Crippen LogP contribution < -0.4 is 0 Å². The fourth-order valence-electron chi connectivity index (χ4n) is 0.644. The molecule has 0 fully saturated rings. The molecule has 0 aliphatic rings. The van der Waals surface area contributed by atoms with Crippen LogP contribution in [0.1, 0.15) is 0 Å². The van der Waals surface area contributed by atoms with Gasteiger partial charge in [-0.2, -0.15) is 0 Å². The molecule has 0 amide bonds. The van der Waals surface area contributed by atoms with Gasteiger partial charge in [-0.1, -0.05) is 5.21 Å². The SMILES string of the molecule is Ic1cc2[nH]nnc2nn1. The molecule has 0 saturated heterocycles. The number of H-pyrrole nitrogens is 1. The lowest BCUT2D eigenvalue weighted by molar-refractivity contribution is 0.944. The van der Waals surface area contributed by atoms with Crippen LogP contribution in [0.15, 0.2) is 6.07 Å². The lowest BCUT2D eigenvalue weighted by Gasteiger charge is -1.84. The summed E-state index contributed by atoms with van der Waals surface area (Å²) in [6.07, 6.45) is 0. The minimum atomic E-state index is 0.556. The maximum Gasteiger partial charge on any atom is 0.223 e. The van der Waals surface area contributed by atoms with E-state index in [1.54, 1.807) is 0 Å². The van der Waals surface area contributed by atoms with Crippen LogP contribution >= 0.6 is 22.6 Å². The fourth-order valence-corrected chi connectivity index (χ4v) is 1.06. The van der Waals surface area contributed by atoms with Crippen molar-refractivity contribution in [2.24, 2.45) is 0 Å². The molecule has 1 N–H and O–H groups in total. The van der Waals surface area contributed by atoms with Gasteiger partial charge in [-0.25, -0.2) is 0 Å². The first-order chi connectivity index (χ1) is 4.86. The van der Waals surface area contributed by atoms with Crippen LogP contribution in [0.4, 0.5) is 0 Å². The van der Waals surface area contributed by atoms with Crippen molar-refractivity contribution in [1.82, 2.24) is 25.6 Å². The van der Waals surface area contributed by atoms with Crippen molar-refractivity contribution in [3.05, 3.63) is 9.77 Å². The van der Waals surface area contributed by atoms with Crippen molar-refractivity contribution in [3.63, 3.8) is 0 Å². The molecule has 2 heterocycles. The molecule has 0 aliphatic carbocycles. The first kappa shape index (κ1) is 5.96. The van der Waals surface area contributed by atoms with E-state index in [-0.39, 0.29) is 0 Å². The second-order valence-electron chi connectivity index (χ2n) is 1.72. The van der Waals surface area contributed by atoms with E-state index in [1.165, 1.54) is 0 Å². The number of fused-ring (bicyclic) bond motifs is 1. The zero-order chi connectivity index (χ0) is 6.97. The monoisotopic (exact) mass is 247 g/mol. The Balaban J connectivity index is 2.86. The Hall–Kier alpha value is -0.790. The molecule has 10 heavy (non-hydrogen) atoms. The van der Waals surface area contributed by atoms with E-state index in [2.05, 4.69) is 48.2 Å². The van der Waals surface area contributed by atoms with Crippen LogP contribution in [0.25, 0.3) is 11.2 Å². The number of aromatic amines is 1. The first-order valence-electron chi connectivity index (χ1n) is 2.56. The van der Waals surface area contributed by atoms with E-state index < -0.39 is 0 Å². The van der Waals surface area contributed by atoms with Gasteiger partial charge in [0.25, 0.3) is 0 Å². The molecule has 0 atom stereocenters. The summed E-state index contributed by atoms with van der Waals surface area (Å²) in [7, 11) is 0. The third-order valence-electron chi connectivity index (χ3n) is 1.06. The molecule has 0 spiro atoms.